The van der Waals surface area contributed by atoms with E-state index >= 15 is 0 Å². The molecule has 0 aliphatic heterocycles. The number of amides is 2. The van der Waals surface area contributed by atoms with Crippen molar-refractivity contribution in [1.29, 1.82) is 0 Å². The molecule has 0 aliphatic rings. The zero-order valence-electron chi connectivity index (χ0n) is 13.9. The number of hydrazine groups is 1. The molecule has 2 amide bonds. The van der Waals surface area contributed by atoms with Crippen LogP contribution in [0.5, 0.6) is 5.88 Å². The summed E-state index contributed by atoms with van der Waals surface area (Å²) < 4.78 is 40.6. The highest BCUT2D eigenvalue weighted by Crippen LogP contribution is 2.22. The van der Waals surface area contributed by atoms with E-state index in [-0.39, 0.29) is 11.4 Å². The Hall–Kier alpha value is -2.62. The second-order valence-electron chi connectivity index (χ2n) is 5.27. The molecule has 140 valence electrons. The molecule has 2 rings (SSSR count). The molecule has 6 nitrogen and oxygen atoms in total. The number of alkyl halides is 3. The van der Waals surface area contributed by atoms with Gasteiger partial charge in [0.1, 0.15) is 0 Å². The van der Waals surface area contributed by atoms with Gasteiger partial charge in [0.25, 0.3) is 11.8 Å². The van der Waals surface area contributed by atoms with Gasteiger partial charge in [-0.3, -0.25) is 20.4 Å². The summed E-state index contributed by atoms with van der Waals surface area (Å²) in [5.41, 5.74) is 5.58. The van der Waals surface area contributed by atoms with E-state index in [1.54, 1.807) is 6.07 Å². The van der Waals surface area contributed by atoms with Gasteiger partial charge in [-0.2, -0.15) is 13.2 Å². The first kappa shape index (κ1) is 19.7. The molecule has 0 fully saturated rings. The van der Waals surface area contributed by atoms with Gasteiger partial charge >= 0.3 is 6.18 Å². The summed E-state index contributed by atoms with van der Waals surface area (Å²) in [5, 5.41) is 0. The van der Waals surface area contributed by atoms with Crippen LogP contribution in [0.1, 0.15) is 37.4 Å². The topological polar surface area (TPSA) is 80.3 Å². The lowest BCUT2D eigenvalue weighted by Crippen LogP contribution is -2.41. The Balaban J connectivity index is 1.90. The van der Waals surface area contributed by atoms with Crippen LogP contribution in [0.15, 0.2) is 24.4 Å². The summed E-state index contributed by atoms with van der Waals surface area (Å²) in [6.45, 7) is 2.41. The predicted molar refractivity (Wildman–Crippen MR) is 89.2 cm³/mol. The lowest BCUT2D eigenvalue weighted by atomic mass is 10.2. The van der Waals surface area contributed by atoms with Crippen molar-refractivity contribution in [3.05, 3.63) is 45.3 Å². The molecule has 2 aromatic rings. The zero-order chi connectivity index (χ0) is 19.3. The zero-order valence-corrected chi connectivity index (χ0v) is 14.8. The van der Waals surface area contributed by atoms with Crippen LogP contribution in [0, 0.1) is 6.92 Å². The van der Waals surface area contributed by atoms with Gasteiger partial charge in [-0.15, -0.1) is 11.3 Å². The van der Waals surface area contributed by atoms with Gasteiger partial charge in [0.05, 0.1) is 10.4 Å². The number of aryl methyl sites for hydroxylation is 2. The van der Waals surface area contributed by atoms with Crippen LogP contribution in [0.25, 0.3) is 0 Å². The Morgan fingerprint density at radius 3 is 2.46 bits per heavy atom. The fraction of sp³-hybridized carbons (Fsp3) is 0.312. The molecular formula is C16H16F3N3O3S. The molecule has 0 bridgehead atoms. The lowest BCUT2D eigenvalue weighted by Gasteiger charge is -2.09. The fourth-order valence-electron chi connectivity index (χ4n) is 1.99. The minimum atomic E-state index is -4.47. The summed E-state index contributed by atoms with van der Waals surface area (Å²) in [4.78, 5) is 29.2. The Labute approximate surface area is 151 Å². The van der Waals surface area contributed by atoms with Crippen LogP contribution >= 0.6 is 11.3 Å². The Morgan fingerprint density at radius 1 is 1.23 bits per heavy atom. The highest BCUT2D eigenvalue weighted by Gasteiger charge is 2.28. The molecule has 26 heavy (non-hydrogen) atoms. The molecular weight excluding hydrogens is 371 g/mol. The average Bonchev–Trinajstić information content (AvgIpc) is 2.98. The summed E-state index contributed by atoms with van der Waals surface area (Å²) >= 11 is 1.34. The number of carbonyl (C=O) groups is 2. The standard InChI is InChI=1S/C16H16F3N3O3S/c1-3-11-9(2)6-12(26-11)15(24)22-21-14(23)10-4-5-13(20-7-10)25-8-16(17,18)19/h4-7H,3,8H2,1-2H3,(H,21,23)(H,22,24). The number of nitrogens with one attached hydrogen (secondary N) is 2. The first-order valence-electron chi connectivity index (χ1n) is 7.55. The molecule has 0 saturated carbocycles. The van der Waals surface area contributed by atoms with E-state index in [4.69, 9.17) is 0 Å². The molecule has 0 radical (unpaired) electrons. The van der Waals surface area contributed by atoms with E-state index in [1.807, 2.05) is 13.8 Å². The van der Waals surface area contributed by atoms with E-state index in [9.17, 15) is 22.8 Å². The summed E-state index contributed by atoms with van der Waals surface area (Å²) in [7, 11) is 0. The maximum atomic E-state index is 12.1. The first-order chi connectivity index (χ1) is 12.2. The monoisotopic (exact) mass is 387 g/mol. The third kappa shape index (κ3) is 5.45. The van der Waals surface area contributed by atoms with E-state index in [2.05, 4.69) is 20.6 Å². The highest BCUT2D eigenvalue weighted by atomic mass is 32.1. The Kier molecular flexibility index (Phi) is 6.19. The van der Waals surface area contributed by atoms with E-state index < -0.39 is 24.6 Å². The van der Waals surface area contributed by atoms with Crippen molar-refractivity contribution in [2.75, 3.05) is 6.61 Å². The van der Waals surface area contributed by atoms with Crippen LogP contribution in [-0.2, 0) is 6.42 Å². The lowest BCUT2D eigenvalue weighted by molar-refractivity contribution is -0.154. The van der Waals surface area contributed by atoms with Gasteiger partial charge in [-0.1, -0.05) is 6.92 Å². The van der Waals surface area contributed by atoms with Crippen LogP contribution in [-0.4, -0.2) is 29.6 Å². The summed E-state index contributed by atoms with van der Waals surface area (Å²) in [6, 6.07) is 4.11. The van der Waals surface area contributed by atoms with Crippen molar-refractivity contribution in [2.24, 2.45) is 0 Å². The maximum absolute atomic E-state index is 12.1. The first-order valence-corrected chi connectivity index (χ1v) is 8.37. The second kappa shape index (κ2) is 8.17. The number of nitrogens with zero attached hydrogens (tertiary/aromatic N) is 1. The van der Waals surface area contributed by atoms with Crippen molar-refractivity contribution < 1.29 is 27.5 Å². The number of pyridine rings is 1. The molecule has 2 N–H and O–H groups in total. The predicted octanol–water partition coefficient (Wildman–Crippen LogP) is 3.03. The smallest absolute Gasteiger partial charge is 0.422 e. The Morgan fingerprint density at radius 2 is 1.92 bits per heavy atom. The van der Waals surface area contributed by atoms with Gasteiger partial charge in [0.2, 0.25) is 5.88 Å². The fourth-order valence-corrected chi connectivity index (χ4v) is 2.99. The summed E-state index contributed by atoms with van der Waals surface area (Å²) in [6.07, 6.45) is -2.61. The highest BCUT2D eigenvalue weighted by molar-refractivity contribution is 7.14. The van der Waals surface area contributed by atoms with Crippen LogP contribution in [0.3, 0.4) is 0 Å². The Bertz CT molecular complexity index is 788. The molecule has 2 aromatic heterocycles. The number of carbonyl (C=O) groups excluding carboxylic acids is 2. The third-order valence-corrected chi connectivity index (χ3v) is 4.62. The van der Waals surface area contributed by atoms with Crippen LogP contribution in [0.4, 0.5) is 13.2 Å². The number of halogens is 3. The molecule has 0 atom stereocenters. The van der Waals surface area contributed by atoms with Crippen LogP contribution in [0.2, 0.25) is 0 Å². The molecule has 10 heteroatoms. The number of ether oxygens (including phenoxy) is 1. The van der Waals surface area contributed by atoms with E-state index in [0.29, 0.717) is 4.88 Å². The number of rotatable bonds is 5. The van der Waals surface area contributed by atoms with Crippen molar-refractivity contribution >= 4 is 23.2 Å². The van der Waals surface area contributed by atoms with Crippen molar-refractivity contribution in [1.82, 2.24) is 15.8 Å². The second-order valence-corrected chi connectivity index (χ2v) is 6.40. The maximum Gasteiger partial charge on any atom is 0.422 e. The van der Waals surface area contributed by atoms with Crippen molar-refractivity contribution in [3.8, 4) is 5.88 Å². The minimum Gasteiger partial charge on any atom is -0.468 e. The minimum absolute atomic E-state index is 0.0567. The van der Waals surface area contributed by atoms with Gasteiger partial charge in [0, 0.05) is 17.1 Å². The van der Waals surface area contributed by atoms with Gasteiger partial charge < -0.3 is 4.74 Å². The molecule has 2 heterocycles. The van der Waals surface area contributed by atoms with E-state index in [1.165, 1.54) is 17.4 Å². The largest absolute Gasteiger partial charge is 0.468 e. The normalized spacial score (nSPS) is 11.1. The summed E-state index contributed by atoms with van der Waals surface area (Å²) in [5.74, 6) is -1.37. The average molecular weight is 387 g/mol. The number of hydrogen-bond donors (Lipinski definition) is 2. The third-order valence-electron chi connectivity index (χ3n) is 3.24. The van der Waals surface area contributed by atoms with Gasteiger partial charge in [-0.25, -0.2) is 4.98 Å². The molecule has 0 saturated heterocycles. The molecule has 0 aromatic carbocycles. The van der Waals surface area contributed by atoms with Crippen molar-refractivity contribution in [2.45, 2.75) is 26.4 Å². The van der Waals surface area contributed by atoms with Crippen LogP contribution < -0.4 is 15.6 Å². The number of hydrogen-bond acceptors (Lipinski definition) is 5. The number of aromatic nitrogens is 1. The van der Waals surface area contributed by atoms with Gasteiger partial charge in [-0.05, 0) is 31.0 Å². The number of thiophene rings is 1. The molecule has 0 spiro atoms. The SMILES string of the molecule is CCc1sc(C(=O)NNC(=O)c2ccc(OCC(F)(F)F)nc2)cc1C. The molecule has 0 aliphatic carbocycles. The van der Waals surface area contributed by atoms with Crippen molar-refractivity contribution in [3.63, 3.8) is 0 Å². The quantitative estimate of drug-likeness (QED) is 0.773. The molecule has 0 unspecified atom stereocenters. The van der Waals surface area contributed by atoms with Gasteiger partial charge in [0.15, 0.2) is 6.61 Å². The van der Waals surface area contributed by atoms with E-state index in [0.717, 1.165) is 29.1 Å².